The molecule has 0 radical (unpaired) electrons. The van der Waals surface area contributed by atoms with Gasteiger partial charge < -0.3 is 16.4 Å². The number of aryl methyl sites for hydroxylation is 1. The summed E-state index contributed by atoms with van der Waals surface area (Å²) in [5, 5.41) is 6.01. The average molecular weight is 306 g/mol. The van der Waals surface area contributed by atoms with Crippen LogP contribution in [0.1, 0.15) is 18.4 Å². The van der Waals surface area contributed by atoms with E-state index in [1.54, 1.807) is 0 Å². The van der Waals surface area contributed by atoms with Gasteiger partial charge in [-0.25, -0.2) is 4.98 Å². The van der Waals surface area contributed by atoms with Crippen molar-refractivity contribution >= 4 is 38.5 Å². The van der Waals surface area contributed by atoms with Gasteiger partial charge in [0.25, 0.3) is 0 Å². The maximum atomic E-state index is 11.8. The van der Waals surface area contributed by atoms with Crippen LogP contribution in [0.5, 0.6) is 0 Å². The van der Waals surface area contributed by atoms with Crippen molar-refractivity contribution < 1.29 is 9.59 Å². The molecule has 6 nitrogen and oxygen atoms in total. The van der Waals surface area contributed by atoms with Gasteiger partial charge in [0.15, 0.2) is 5.13 Å². The lowest BCUT2D eigenvalue weighted by Crippen LogP contribution is -2.31. The van der Waals surface area contributed by atoms with Gasteiger partial charge in [0.1, 0.15) is 0 Å². The van der Waals surface area contributed by atoms with Crippen LogP contribution in [-0.4, -0.2) is 29.9 Å². The van der Waals surface area contributed by atoms with Crippen molar-refractivity contribution in [3.63, 3.8) is 0 Å². The number of aromatic nitrogens is 1. The fourth-order valence-corrected chi connectivity index (χ4v) is 2.80. The van der Waals surface area contributed by atoms with Crippen molar-refractivity contribution in [3.05, 3.63) is 23.8 Å². The predicted octanol–water partition coefficient (Wildman–Crippen LogP) is 1.40. The first-order valence-corrected chi connectivity index (χ1v) is 7.54. The second-order valence-corrected chi connectivity index (χ2v) is 5.73. The summed E-state index contributed by atoms with van der Waals surface area (Å²) in [4.78, 5) is 27.1. The van der Waals surface area contributed by atoms with E-state index < -0.39 is 0 Å². The molecule has 112 valence electrons. The summed E-state index contributed by atoms with van der Waals surface area (Å²) in [6, 6.07) is 5.98. The summed E-state index contributed by atoms with van der Waals surface area (Å²) in [5.74, 6) is -0.315. The molecule has 0 unspecified atom stereocenters. The highest BCUT2D eigenvalue weighted by Crippen LogP contribution is 2.26. The number of thiazole rings is 1. The van der Waals surface area contributed by atoms with E-state index >= 15 is 0 Å². The molecule has 21 heavy (non-hydrogen) atoms. The molecule has 1 heterocycles. The van der Waals surface area contributed by atoms with E-state index in [1.807, 2.05) is 25.1 Å². The molecule has 0 bridgehead atoms. The minimum Gasteiger partial charge on any atom is -0.355 e. The van der Waals surface area contributed by atoms with Gasteiger partial charge in [-0.1, -0.05) is 17.4 Å². The topological polar surface area (TPSA) is 97.1 Å². The Labute approximate surface area is 126 Å². The third-order valence-corrected chi connectivity index (χ3v) is 3.81. The Balaban J connectivity index is 1.82. The van der Waals surface area contributed by atoms with Gasteiger partial charge >= 0.3 is 0 Å². The number of fused-ring (bicyclic) bond motifs is 1. The molecule has 1 aromatic carbocycles. The molecule has 0 spiro atoms. The Kier molecular flexibility index (Phi) is 5.24. The highest BCUT2D eigenvalue weighted by Gasteiger charge is 2.08. The van der Waals surface area contributed by atoms with Crippen LogP contribution in [0.2, 0.25) is 0 Å². The molecule has 0 fully saturated rings. The second-order valence-electron chi connectivity index (χ2n) is 4.70. The van der Waals surface area contributed by atoms with Crippen LogP contribution in [0.3, 0.4) is 0 Å². The van der Waals surface area contributed by atoms with E-state index in [9.17, 15) is 9.59 Å². The van der Waals surface area contributed by atoms with Crippen LogP contribution < -0.4 is 16.4 Å². The zero-order chi connectivity index (χ0) is 15.2. The minimum atomic E-state index is -0.211. The number of hydrogen-bond acceptors (Lipinski definition) is 5. The first kappa shape index (κ1) is 15.4. The summed E-state index contributed by atoms with van der Waals surface area (Å²) in [6.45, 7) is 2.44. The SMILES string of the molecule is Cc1ccc2nc(NC(=O)CCCNC(=O)CN)sc2c1. The summed E-state index contributed by atoms with van der Waals surface area (Å²) in [6.07, 6.45) is 0.904. The van der Waals surface area contributed by atoms with Crippen molar-refractivity contribution in [2.24, 2.45) is 5.73 Å². The normalized spacial score (nSPS) is 10.6. The molecule has 0 aliphatic heterocycles. The van der Waals surface area contributed by atoms with E-state index in [0.717, 1.165) is 10.2 Å². The van der Waals surface area contributed by atoms with Crippen molar-refractivity contribution in [3.8, 4) is 0 Å². The van der Waals surface area contributed by atoms with Crippen molar-refractivity contribution in [2.75, 3.05) is 18.4 Å². The van der Waals surface area contributed by atoms with E-state index in [1.165, 1.54) is 16.9 Å². The van der Waals surface area contributed by atoms with Crippen molar-refractivity contribution in [1.29, 1.82) is 0 Å². The monoisotopic (exact) mass is 306 g/mol. The highest BCUT2D eigenvalue weighted by molar-refractivity contribution is 7.22. The van der Waals surface area contributed by atoms with E-state index in [2.05, 4.69) is 15.6 Å². The summed E-state index contributed by atoms with van der Waals surface area (Å²) in [5.41, 5.74) is 7.22. The van der Waals surface area contributed by atoms with Crippen LogP contribution in [0.25, 0.3) is 10.2 Å². The van der Waals surface area contributed by atoms with Gasteiger partial charge in [0.2, 0.25) is 11.8 Å². The number of nitrogens with one attached hydrogen (secondary N) is 2. The third kappa shape index (κ3) is 4.51. The maximum absolute atomic E-state index is 11.8. The third-order valence-electron chi connectivity index (χ3n) is 2.88. The Bertz CT molecular complexity index is 653. The molecule has 7 heteroatoms. The molecule has 2 rings (SSSR count). The molecule has 1 aromatic heterocycles. The first-order valence-electron chi connectivity index (χ1n) is 6.72. The number of hydrogen-bond donors (Lipinski definition) is 3. The molecule has 0 saturated heterocycles. The Morgan fingerprint density at radius 1 is 1.33 bits per heavy atom. The molecule has 0 aliphatic carbocycles. The number of carbonyl (C=O) groups excluding carboxylic acids is 2. The zero-order valence-electron chi connectivity index (χ0n) is 11.8. The van der Waals surface area contributed by atoms with Crippen LogP contribution in [0.15, 0.2) is 18.2 Å². The number of anilines is 1. The van der Waals surface area contributed by atoms with Gasteiger partial charge in [-0.05, 0) is 31.0 Å². The van der Waals surface area contributed by atoms with Crippen LogP contribution >= 0.6 is 11.3 Å². The predicted molar refractivity (Wildman–Crippen MR) is 84.3 cm³/mol. The van der Waals surface area contributed by atoms with Gasteiger partial charge in [0.05, 0.1) is 16.8 Å². The lowest BCUT2D eigenvalue weighted by atomic mass is 10.2. The first-order chi connectivity index (χ1) is 10.1. The van der Waals surface area contributed by atoms with Crippen LogP contribution in [0.4, 0.5) is 5.13 Å². The largest absolute Gasteiger partial charge is 0.355 e. The lowest BCUT2D eigenvalue weighted by Gasteiger charge is -2.03. The second kappa shape index (κ2) is 7.14. The smallest absolute Gasteiger partial charge is 0.233 e. The zero-order valence-corrected chi connectivity index (χ0v) is 12.6. The number of nitrogens with two attached hydrogens (primary N) is 1. The average Bonchev–Trinajstić information content (AvgIpc) is 2.84. The van der Waals surface area contributed by atoms with Crippen molar-refractivity contribution in [1.82, 2.24) is 10.3 Å². The van der Waals surface area contributed by atoms with Gasteiger partial charge in [0, 0.05) is 13.0 Å². The number of rotatable bonds is 6. The lowest BCUT2D eigenvalue weighted by molar-refractivity contribution is -0.120. The van der Waals surface area contributed by atoms with Crippen LogP contribution in [-0.2, 0) is 9.59 Å². The molecule has 0 saturated carbocycles. The van der Waals surface area contributed by atoms with Gasteiger partial charge in [-0.15, -0.1) is 0 Å². The van der Waals surface area contributed by atoms with Gasteiger partial charge in [-0.2, -0.15) is 0 Å². The summed E-state index contributed by atoms with van der Waals surface area (Å²) < 4.78 is 1.06. The fraction of sp³-hybridized carbons (Fsp3) is 0.357. The molecular formula is C14H18N4O2S. The molecule has 2 aromatic rings. The highest BCUT2D eigenvalue weighted by atomic mass is 32.1. The molecule has 0 atom stereocenters. The Morgan fingerprint density at radius 2 is 2.14 bits per heavy atom. The summed E-state index contributed by atoms with van der Waals surface area (Å²) in [7, 11) is 0. The number of carbonyl (C=O) groups is 2. The minimum absolute atomic E-state index is 0.0304. The summed E-state index contributed by atoms with van der Waals surface area (Å²) >= 11 is 1.46. The van der Waals surface area contributed by atoms with Crippen molar-refractivity contribution in [2.45, 2.75) is 19.8 Å². The fourth-order valence-electron chi connectivity index (χ4n) is 1.82. The molecule has 2 amide bonds. The maximum Gasteiger partial charge on any atom is 0.233 e. The van der Waals surface area contributed by atoms with E-state index in [4.69, 9.17) is 5.73 Å². The number of nitrogens with zero attached hydrogens (tertiary/aromatic N) is 1. The Morgan fingerprint density at radius 3 is 2.90 bits per heavy atom. The molecule has 4 N–H and O–H groups in total. The van der Waals surface area contributed by atoms with E-state index in [-0.39, 0.29) is 18.4 Å². The quantitative estimate of drug-likeness (QED) is 0.703. The van der Waals surface area contributed by atoms with E-state index in [0.29, 0.717) is 24.5 Å². The number of amides is 2. The molecule has 0 aliphatic rings. The van der Waals surface area contributed by atoms with Crippen LogP contribution in [0, 0.1) is 6.92 Å². The standard InChI is InChI=1S/C14H18N4O2S/c1-9-4-5-10-11(7-9)21-14(17-10)18-12(19)3-2-6-16-13(20)8-15/h4-5,7H,2-3,6,8,15H2,1H3,(H,16,20)(H,17,18,19). The Hall–Kier alpha value is -1.99. The number of benzene rings is 1. The van der Waals surface area contributed by atoms with Gasteiger partial charge in [-0.3, -0.25) is 9.59 Å². The molecular weight excluding hydrogens is 288 g/mol.